The number of nitrogens with two attached hydrogens (primary N) is 1. The standard InChI is InChI=1S/C23H15NO3S/c24-22(25)18-14-7-3-1-5-12(14)9-10-16(18)21-20(23(26)27)19-15-8-4-2-6-13(15)11-17(19)28-21/h1-10H,11H2,(H2,24,25)(H,26,27). The Hall–Kier alpha value is -3.44. The Morgan fingerprint density at radius 3 is 2.43 bits per heavy atom. The van der Waals surface area contributed by atoms with Gasteiger partial charge in [-0.25, -0.2) is 4.79 Å². The fourth-order valence-electron chi connectivity index (χ4n) is 4.10. The van der Waals surface area contributed by atoms with E-state index < -0.39 is 11.9 Å². The van der Waals surface area contributed by atoms with Crippen molar-refractivity contribution in [3.63, 3.8) is 0 Å². The molecule has 0 atom stereocenters. The molecule has 1 aliphatic carbocycles. The van der Waals surface area contributed by atoms with Crippen molar-refractivity contribution in [2.75, 3.05) is 0 Å². The molecule has 1 aromatic heterocycles. The fourth-order valence-corrected chi connectivity index (χ4v) is 5.46. The third kappa shape index (κ3) is 2.30. The molecule has 0 fully saturated rings. The smallest absolute Gasteiger partial charge is 0.337 e. The summed E-state index contributed by atoms with van der Waals surface area (Å²) in [4.78, 5) is 26.2. The molecule has 0 unspecified atom stereocenters. The normalized spacial score (nSPS) is 12.0. The SMILES string of the molecule is NC(=O)c1c(-c2sc3c(c2C(=O)O)-c2ccccc2C3)ccc2ccccc12. The second-order valence-electron chi connectivity index (χ2n) is 6.82. The Bertz CT molecular complexity index is 1300. The van der Waals surface area contributed by atoms with E-state index in [1.807, 2.05) is 60.7 Å². The third-order valence-electron chi connectivity index (χ3n) is 5.25. The Kier molecular flexibility index (Phi) is 3.60. The lowest BCUT2D eigenvalue weighted by molar-refractivity contribution is 0.0698. The van der Waals surface area contributed by atoms with Crippen molar-refractivity contribution in [1.82, 2.24) is 0 Å². The van der Waals surface area contributed by atoms with Crippen LogP contribution in [0.25, 0.3) is 32.3 Å². The van der Waals surface area contributed by atoms with Gasteiger partial charge < -0.3 is 10.8 Å². The highest BCUT2D eigenvalue weighted by atomic mass is 32.1. The minimum atomic E-state index is -0.993. The van der Waals surface area contributed by atoms with Gasteiger partial charge in [-0.1, -0.05) is 60.7 Å². The number of primary amides is 1. The Morgan fingerprint density at radius 1 is 0.893 bits per heavy atom. The van der Waals surface area contributed by atoms with Crippen LogP contribution in [0.1, 0.15) is 31.2 Å². The van der Waals surface area contributed by atoms with Gasteiger partial charge in [0.1, 0.15) is 0 Å². The van der Waals surface area contributed by atoms with Crippen molar-refractivity contribution < 1.29 is 14.7 Å². The lowest BCUT2D eigenvalue weighted by Crippen LogP contribution is -2.13. The van der Waals surface area contributed by atoms with Gasteiger partial charge in [-0.2, -0.15) is 0 Å². The number of amides is 1. The average Bonchev–Trinajstić information content (AvgIpc) is 3.22. The largest absolute Gasteiger partial charge is 0.478 e. The number of carbonyl (C=O) groups is 2. The summed E-state index contributed by atoms with van der Waals surface area (Å²) in [6, 6.07) is 19.1. The molecule has 0 radical (unpaired) electrons. The van der Waals surface area contributed by atoms with Gasteiger partial charge in [0.15, 0.2) is 0 Å². The van der Waals surface area contributed by atoms with Gasteiger partial charge in [0.2, 0.25) is 5.91 Å². The van der Waals surface area contributed by atoms with Crippen molar-refractivity contribution in [1.29, 1.82) is 0 Å². The summed E-state index contributed by atoms with van der Waals surface area (Å²) in [5.74, 6) is -1.55. The molecule has 5 rings (SSSR count). The first kappa shape index (κ1) is 16.7. The number of carboxylic acids is 1. The molecule has 0 aliphatic heterocycles. The molecular formula is C23H15NO3S. The van der Waals surface area contributed by atoms with E-state index in [0.29, 0.717) is 22.4 Å². The number of hydrogen-bond acceptors (Lipinski definition) is 3. The fraction of sp³-hybridized carbons (Fsp3) is 0.0435. The van der Waals surface area contributed by atoms with Crippen LogP contribution < -0.4 is 5.73 Å². The summed E-state index contributed by atoms with van der Waals surface area (Å²) in [6.07, 6.45) is 0.704. The maximum atomic E-state index is 12.3. The number of carbonyl (C=O) groups excluding carboxylic acids is 1. The highest BCUT2D eigenvalue weighted by molar-refractivity contribution is 7.16. The number of thiophene rings is 1. The molecule has 3 aromatic carbocycles. The van der Waals surface area contributed by atoms with Crippen LogP contribution in [-0.2, 0) is 6.42 Å². The van der Waals surface area contributed by atoms with Crippen molar-refractivity contribution in [3.8, 4) is 21.6 Å². The predicted octanol–water partition coefficient (Wildman–Crippen LogP) is 4.94. The van der Waals surface area contributed by atoms with Crippen molar-refractivity contribution in [2.24, 2.45) is 5.73 Å². The quantitative estimate of drug-likeness (QED) is 0.462. The summed E-state index contributed by atoms with van der Waals surface area (Å²) in [6.45, 7) is 0. The third-order valence-corrected chi connectivity index (χ3v) is 6.48. The average molecular weight is 385 g/mol. The van der Waals surface area contributed by atoms with Crippen LogP contribution in [0.2, 0.25) is 0 Å². The topological polar surface area (TPSA) is 80.4 Å². The van der Waals surface area contributed by atoms with Crippen LogP contribution in [0.3, 0.4) is 0 Å². The summed E-state index contributed by atoms with van der Waals surface area (Å²) in [7, 11) is 0. The second kappa shape index (κ2) is 6.04. The van der Waals surface area contributed by atoms with Gasteiger partial charge in [-0.15, -0.1) is 11.3 Å². The minimum absolute atomic E-state index is 0.253. The van der Waals surface area contributed by atoms with E-state index in [1.54, 1.807) is 0 Å². The molecule has 4 aromatic rings. The van der Waals surface area contributed by atoms with E-state index in [0.717, 1.165) is 32.3 Å². The number of hydrogen-bond donors (Lipinski definition) is 2. The van der Waals surface area contributed by atoms with E-state index >= 15 is 0 Å². The van der Waals surface area contributed by atoms with E-state index in [-0.39, 0.29) is 5.56 Å². The number of rotatable bonds is 3. The van der Waals surface area contributed by atoms with E-state index in [2.05, 4.69) is 0 Å². The molecule has 0 saturated carbocycles. The lowest BCUT2D eigenvalue weighted by Gasteiger charge is -2.11. The summed E-state index contributed by atoms with van der Waals surface area (Å²) >= 11 is 1.44. The predicted molar refractivity (Wildman–Crippen MR) is 111 cm³/mol. The summed E-state index contributed by atoms with van der Waals surface area (Å²) in [5, 5.41) is 11.7. The summed E-state index contributed by atoms with van der Waals surface area (Å²) in [5.41, 5.74) is 9.79. The van der Waals surface area contributed by atoms with Gasteiger partial charge in [-0.3, -0.25) is 4.79 Å². The molecule has 28 heavy (non-hydrogen) atoms. The number of benzene rings is 3. The molecule has 0 saturated heterocycles. The molecule has 0 bridgehead atoms. The van der Waals surface area contributed by atoms with Gasteiger partial charge in [0, 0.05) is 22.4 Å². The number of aromatic carboxylic acids is 1. The first-order valence-electron chi connectivity index (χ1n) is 8.85. The maximum Gasteiger partial charge on any atom is 0.337 e. The van der Waals surface area contributed by atoms with Gasteiger partial charge >= 0.3 is 5.97 Å². The van der Waals surface area contributed by atoms with Crippen molar-refractivity contribution >= 4 is 34.0 Å². The number of fused-ring (bicyclic) bond motifs is 4. The zero-order valence-electron chi connectivity index (χ0n) is 14.7. The summed E-state index contributed by atoms with van der Waals surface area (Å²) < 4.78 is 0. The monoisotopic (exact) mass is 385 g/mol. The molecular weight excluding hydrogens is 370 g/mol. The highest BCUT2D eigenvalue weighted by Crippen LogP contribution is 2.49. The molecule has 1 aliphatic rings. The van der Waals surface area contributed by atoms with Gasteiger partial charge in [0.05, 0.1) is 16.0 Å². The van der Waals surface area contributed by atoms with Gasteiger partial charge in [0.25, 0.3) is 0 Å². The van der Waals surface area contributed by atoms with E-state index in [1.165, 1.54) is 11.3 Å². The molecule has 1 amide bonds. The lowest BCUT2D eigenvalue weighted by atomic mass is 9.94. The zero-order valence-corrected chi connectivity index (χ0v) is 15.5. The maximum absolute atomic E-state index is 12.3. The van der Waals surface area contributed by atoms with Crippen molar-refractivity contribution in [3.05, 3.63) is 82.2 Å². The molecule has 136 valence electrons. The van der Waals surface area contributed by atoms with Crippen LogP contribution in [0.5, 0.6) is 0 Å². The van der Waals surface area contributed by atoms with Crippen LogP contribution in [-0.4, -0.2) is 17.0 Å². The number of carboxylic acid groups (broad SMARTS) is 1. The van der Waals surface area contributed by atoms with Crippen LogP contribution in [0.15, 0.2) is 60.7 Å². The van der Waals surface area contributed by atoms with Crippen LogP contribution >= 0.6 is 11.3 Å². The van der Waals surface area contributed by atoms with Crippen LogP contribution in [0, 0.1) is 0 Å². The highest BCUT2D eigenvalue weighted by Gasteiger charge is 2.32. The Labute approximate surface area is 164 Å². The second-order valence-corrected chi connectivity index (χ2v) is 7.92. The van der Waals surface area contributed by atoms with E-state index in [4.69, 9.17) is 5.73 Å². The molecule has 3 N–H and O–H groups in total. The van der Waals surface area contributed by atoms with Crippen molar-refractivity contribution in [2.45, 2.75) is 6.42 Å². The first-order valence-corrected chi connectivity index (χ1v) is 9.67. The Balaban J connectivity index is 1.85. The van der Waals surface area contributed by atoms with E-state index in [9.17, 15) is 14.7 Å². The first-order chi connectivity index (χ1) is 13.6. The molecule has 4 nitrogen and oxygen atoms in total. The molecule has 1 heterocycles. The van der Waals surface area contributed by atoms with Gasteiger partial charge in [-0.05, 0) is 21.9 Å². The molecule has 5 heteroatoms. The zero-order chi connectivity index (χ0) is 19.4. The Morgan fingerprint density at radius 2 is 1.64 bits per heavy atom. The molecule has 0 spiro atoms. The minimum Gasteiger partial charge on any atom is -0.478 e. The van der Waals surface area contributed by atoms with Crippen LogP contribution in [0.4, 0.5) is 0 Å².